The van der Waals surface area contributed by atoms with Crippen LogP contribution in [0.3, 0.4) is 0 Å². The van der Waals surface area contributed by atoms with Crippen molar-refractivity contribution in [2.75, 3.05) is 19.2 Å². The summed E-state index contributed by atoms with van der Waals surface area (Å²) in [5.41, 5.74) is 0.828. The van der Waals surface area contributed by atoms with Crippen molar-refractivity contribution < 1.29 is 22.7 Å². The summed E-state index contributed by atoms with van der Waals surface area (Å²) in [6.45, 7) is 0.131. The number of aromatic nitrogens is 1. The molecule has 30 heavy (non-hydrogen) atoms. The molecule has 1 amide bonds. The van der Waals surface area contributed by atoms with Gasteiger partial charge in [0.1, 0.15) is 0 Å². The molecule has 154 valence electrons. The van der Waals surface area contributed by atoms with Crippen LogP contribution in [-0.4, -0.2) is 32.7 Å². The lowest BCUT2D eigenvalue weighted by Crippen LogP contribution is -2.21. The van der Waals surface area contributed by atoms with E-state index in [1.165, 1.54) is 54.2 Å². The van der Waals surface area contributed by atoms with Gasteiger partial charge in [-0.3, -0.25) is 14.2 Å². The molecule has 2 heterocycles. The molecule has 0 unspecified atom stereocenters. The van der Waals surface area contributed by atoms with Crippen molar-refractivity contribution in [2.45, 2.75) is 4.90 Å². The summed E-state index contributed by atoms with van der Waals surface area (Å²) in [5.74, 6) is 0.719. The molecule has 0 radical (unpaired) electrons. The van der Waals surface area contributed by atoms with E-state index in [1.807, 2.05) is 0 Å². The zero-order valence-electron chi connectivity index (χ0n) is 15.8. The number of carbonyl (C=O) groups excluding carboxylic acids is 1. The number of nitrogens with one attached hydrogen (secondary N) is 2. The lowest BCUT2D eigenvalue weighted by atomic mass is 10.2. The van der Waals surface area contributed by atoms with Gasteiger partial charge in [0, 0.05) is 29.7 Å². The Morgan fingerprint density at radius 3 is 2.47 bits per heavy atom. The number of ether oxygens (including phenoxy) is 2. The first kappa shape index (κ1) is 19.7. The Morgan fingerprint density at radius 1 is 1.00 bits per heavy atom. The van der Waals surface area contributed by atoms with Crippen molar-refractivity contribution in [3.63, 3.8) is 0 Å². The first-order valence-electron chi connectivity index (χ1n) is 8.85. The maximum absolute atomic E-state index is 12.6. The minimum Gasteiger partial charge on any atom is -0.454 e. The van der Waals surface area contributed by atoms with Gasteiger partial charge in [-0.25, -0.2) is 13.1 Å². The van der Waals surface area contributed by atoms with Gasteiger partial charge >= 0.3 is 0 Å². The summed E-state index contributed by atoms with van der Waals surface area (Å²) in [5, 5.41) is 2.75. The molecule has 10 heteroatoms. The monoisotopic (exact) mass is 427 g/mol. The zero-order chi connectivity index (χ0) is 21.3. The third-order valence-electron chi connectivity index (χ3n) is 4.50. The molecular formula is C20H17N3O6S. The van der Waals surface area contributed by atoms with Crippen molar-refractivity contribution in [2.24, 2.45) is 0 Å². The van der Waals surface area contributed by atoms with Crippen LogP contribution in [0.15, 0.2) is 70.5 Å². The van der Waals surface area contributed by atoms with E-state index in [0.29, 0.717) is 22.9 Å². The molecule has 0 saturated carbocycles. The fourth-order valence-corrected chi connectivity index (χ4v) is 3.63. The normalized spacial score (nSPS) is 12.6. The van der Waals surface area contributed by atoms with Gasteiger partial charge in [-0.1, -0.05) is 0 Å². The zero-order valence-corrected chi connectivity index (χ0v) is 16.6. The van der Waals surface area contributed by atoms with E-state index in [1.54, 1.807) is 18.2 Å². The highest BCUT2D eigenvalue weighted by atomic mass is 32.2. The fourth-order valence-electron chi connectivity index (χ4n) is 2.90. The number of pyridine rings is 1. The second kappa shape index (κ2) is 7.65. The van der Waals surface area contributed by atoms with E-state index in [-0.39, 0.29) is 22.8 Å². The van der Waals surface area contributed by atoms with Gasteiger partial charge in [-0.05, 0) is 49.5 Å². The molecule has 2 N–H and O–H groups in total. The maximum Gasteiger partial charge on any atom is 0.257 e. The van der Waals surface area contributed by atoms with Crippen LogP contribution in [0.5, 0.6) is 11.5 Å². The molecular weight excluding hydrogens is 410 g/mol. The number of amides is 1. The van der Waals surface area contributed by atoms with Crippen molar-refractivity contribution in [3.05, 3.63) is 76.7 Å². The number of sulfonamides is 1. The predicted molar refractivity (Wildman–Crippen MR) is 109 cm³/mol. The number of hydrogen-bond acceptors (Lipinski definition) is 6. The molecule has 1 aromatic heterocycles. The number of benzene rings is 2. The molecule has 0 atom stereocenters. The van der Waals surface area contributed by atoms with Crippen molar-refractivity contribution in [1.29, 1.82) is 0 Å². The van der Waals surface area contributed by atoms with Gasteiger partial charge in [0.05, 0.1) is 10.5 Å². The van der Waals surface area contributed by atoms with E-state index in [0.717, 1.165) is 0 Å². The SMILES string of the molecule is CNS(=O)(=O)c1ccc(-n2cc(C(=O)Nc3ccc4c(c3)OCO4)ccc2=O)cc1. The first-order chi connectivity index (χ1) is 14.4. The van der Waals surface area contributed by atoms with Crippen LogP contribution >= 0.6 is 0 Å². The Hall–Kier alpha value is -3.63. The van der Waals surface area contributed by atoms with E-state index in [9.17, 15) is 18.0 Å². The van der Waals surface area contributed by atoms with Gasteiger partial charge in [0.25, 0.3) is 11.5 Å². The van der Waals surface area contributed by atoms with Crippen LogP contribution in [0.2, 0.25) is 0 Å². The van der Waals surface area contributed by atoms with Crippen molar-refractivity contribution in [1.82, 2.24) is 9.29 Å². The highest BCUT2D eigenvalue weighted by Gasteiger charge is 2.16. The van der Waals surface area contributed by atoms with Crippen LogP contribution in [0.4, 0.5) is 5.69 Å². The van der Waals surface area contributed by atoms with Crippen LogP contribution in [-0.2, 0) is 10.0 Å². The predicted octanol–water partition coefficient (Wildman–Crippen LogP) is 1.73. The Balaban J connectivity index is 1.60. The average molecular weight is 427 g/mol. The van der Waals surface area contributed by atoms with E-state index in [4.69, 9.17) is 9.47 Å². The quantitative estimate of drug-likeness (QED) is 0.641. The molecule has 1 aliphatic heterocycles. The van der Waals surface area contributed by atoms with E-state index >= 15 is 0 Å². The summed E-state index contributed by atoms with van der Waals surface area (Å²) in [7, 11) is -2.27. The van der Waals surface area contributed by atoms with Gasteiger partial charge < -0.3 is 14.8 Å². The minimum atomic E-state index is -3.59. The Labute approximate surface area is 171 Å². The van der Waals surface area contributed by atoms with Gasteiger partial charge in [0.2, 0.25) is 16.8 Å². The molecule has 0 spiro atoms. The van der Waals surface area contributed by atoms with Crippen molar-refractivity contribution in [3.8, 4) is 17.2 Å². The summed E-state index contributed by atoms with van der Waals surface area (Å²) in [4.78, 5) is 25.0. The van der Waals surface area contributed by atoms with Gasteiger partial charge in [-0.15, -0.1) is 0 Å². The molecule has 0 aliphatic carbocycles. The lowest BCUT2D eigenvalue weighted by Gasteiger charge is -2.10. The number of hydrogen-bond donors (Lipinski definition) is 2. The number of nitrogens with zero attached hydrogens (tertiary/aromatic N) is 1. The Kier molecular flexibility index (Phi) is 5.02. The highest BCUT2D eigenvalue weighted by molar-refractivity contribution is 7.89. The largest absolute Gasteiger partial charge is 0.454 e. The van der Waals surface area contributed by atoms with Crippen LogP contribution in [0.1, 0.15) is 10.4 Å². The highest BCUT2D eigenvalue weighted by Crippen LogP contribution is 2.34. The number of rotatable bonds is 5. The van der Waals surface area contributed by atoms with E-state index < -0.39 is 15.9 Å². The van der Waals surface area contributed by atoms with Crippen LogP contribution < -0.4 is 25.1 Å². The topological polar surface area (TPSA) is 116 Å². The number of carbonyl (C=O) groups is 1. The molecule has 0 bridgehead atoms. The van der Waals surface area contributed by atoms with Crippen LogP contribution in [0.25, 0.3) is 5.69 Å². The molecule has 3 aromatic rings. The summed E-state index contributed by atoms with van der Waals surface area (Å²) >= 11 is 0. The standard InChI is InChI=1S/C20H17N3O6S/c1-21-30(26,27)16-6-4-15(5-7-16)23-11-13(2-9-19(23)24)20(25)22-14-3-8-17-18(10-14)29-12-28-17/h2-11,21H,12H2,1H3,(H,22,25). The van der Waals surface area contributed by atoms with Gasteiger partial charge in [0.15, 0.2) is 11.5 Å². The molecule has 2 aromatic carbocycles. The maximum atomic E-state index is 12.6. The van der Waals surface area contributed by atoms with Crippen LogP contribution in [0, 0.1) is 0 Å². The second-order valence-electron chi connectivity index (χ2n) is 6.35. The molecule has 4 rings (SSSR count). The molecule has 1 aliphatic rings. The lowest BCUT2D eigenvalue weighted by molar-refractivity contribution is 0.102. The van der Waals surface area contributed by atoms with E-state index in [2.05, 4.69) is 10.0 Å². The molecule has 9 nitrogen and oxygen atoms in total. The molecule has 0 saturated heterocycles. The first-order valence-corrected chi connectivity index (χ1v) is 10.3. The third-order valence-corrected chi connectivity index (χ3v) is 5.93. The second-order valence-corrected chi connectivity index (χ2v) is 8.24. The van der Waals surface area contributed by atoms with Gasteiger partial charge in [-0.2, -0.15) is 0 Å². The summed E-state index contributed by atoms with van der Waals surface area (Å²) in [6.07, 6.45) is 1.40. The summed E-state index contributed by atoms with van der Waals surface area (Å²) in [6, 6.07) is 13.5. The third kappa shape index (κ3) is 3.78. The average Bonchev–Trinajstić information content (AvgIpc) is 3.22. The Bertz CT molecular complexity index is 1280. The number of fused-ring (bicyclic) bond motifs is 1. The minimum absolute atomic E-state index is 0.0681. The summed E-state index contributed by atoms with van der Waals surface area (Å²) < 4.78 is 37.7. The molecule has 0 fully saturated rings. The number of anilines is 1. The Morgan fingerprint density at radius 2 is 1.73 bits per heavy atom. The smallest absolute Gasteiger partial charge is 0.257 e. The fraction of sp³-hybridized carbons (Fsp3) is 0.100. The van der Waals surface area contributed by atoms with Crippen molar-refractivity contribution >= 4 is 21.6 Å².